The molecule has 0 aliphatic rings. The molecule has 0 aliphatic carbocycles. The van der Waals surface area contributed by atoms with E-state index in [0.717, 1.165) is 0 Å². The molecule has 1 aromatic rings. The van der Waals surface area contributed by atoms with Crippen molar-refractivity contribution in [3.8, 4) is 5.75 Å². The summed E-state index contributed by atoms with van der Waals surface area (Å²) in [4.78, 5) is 15.4. The van der Waals surface area contributed by atoms with E-state index >= 15 is 0 Å². The number of carbonyl (C=O) groups is 1. The van der Waals surface area contributed by atoms with Crippen molar-refractivity contribution in [3.63, 3.8) is 0 Å². The lowest BCUT2D eigenvalue weighted by atomic mass is 10.3. The maximum absolute atomic E-state index is 11.6. The lowest BCUT2D eigenvalue weighted by molar-refractivity contribution is -0.127. The molecule has 1 aromatic heterocycles. The number of halogens is 1. The number of rotatable bonds is 4. The number of hydrogen-bond acceptors (Lipinski definition) is 3. The van der Waals surface area contributed by atoms with Crippen LogP contribution in [0.5, 0.6) is 5.75 Å². The van der Waals surface area contributed by atoms with Gasteiger partial charge in [0.2, 0.25) is 0 Å². The van der Waals surface area contributed by atoms with E-state index in [0.29, 0.717) is 5.75 Å². The van der Waals surface area contributed by atoms with Gasteiger partial charge in [-0.15, -0.1) is 0 Å². The van der Waals surface area contributed by atoms with Crippen LogP contribution in [0.1, 0.15) is 20.8 Å². The van der Waals surface area contributed by atoms with E-state index in [1.54, 1.807) is 25.3 Å². The summed E-state index contributed by atoms with van der Waals surface area (Å²) < 4.78 is 5.40. The van der Waals surface area contributed by atoms with Gasteiger partial charge >= 0.3 is 0 Å². The monoisotopic (exact) mass is 242 g/mol. The Morgan fingerprint density at radius 3 is 2.75 bits per heavy atom. The summed E-state index contributed by atoms with van der Waals surface area (Å²) >= 11 is 5.81. The molecule has 1 rings (SSSR count). The molecule has 1 heterocycles. The Morgan fingerprint density at radius 2 is 2.19 bits per heavy atom. The Labute approximate surface area is 100.0 Å². The Bertz CT molecular complexity index is 369. The van der Waals surface area contributed by atoms with Gasteiger partial charge in [0.1, 0.15) is 0 Å². The molecule has 1 N–H and O–H groups in total. The molecule has 0 saturated heterocycles. The molecular formula is C11H15ClN2O2. The predicted octanol–water partition coefficient (Wildman–Crippen LogP) is 2.03. The zero-order valence-corrected chi connectivity index (χ0v) is 10.3. The number of nitrogens with zero attached hydrogens (tertiary/aromatic N) is 1. The fraction of sp³-hybridized carbons (Fsp3) is 0.455. The highest BCUT2D eigenvalue weighted by Gasteiger charge is 2.16. The van der Waals surface area contributed by atoms with Crippen molar-refractivity contribution in [2.75, 3.05) is 0 Å². The maximum Gasteiger partial charge on any atom is 0.260 e. The van der Waals surface area contributed by atoms with Gasteiger partial charge in [-0.05, 0) is 32.9 Å². The Balaban J connectivity index is 2.61. The first-order valence-corrected chi connectivity index (χ1v) is 5.46. The zero-order chi connectivity index (χ0) is 12.1. The second-order valence-electron chi connectivity index (χ2n) is 3.72. The minimum absolute atomic E-state index is 0.0860. The van der Waals surface area contributed by atoms with Gasteiger partial charge in [-0.25, -0.2) is 4.98 Å². The molecule has 0 aliphatic heterocycles. The Kier molecular flexibility index (Phi) is 4.55. The predicted molar refractivity (Wildman–Crippen MR) is 62.6 cm³/mol. The van der Waals surface area contributed by atoms with Crippen molar-refractivity contribution in [2.45, 2.75) is 32.9 Å². The molecule has 4 nitrogen and oxygen atoms in total. The quantitative estimate of drug-likeness (QED) is 0.822. The van der Waals surface area contributed by atoms with Crippen LogP contribution in [0.2, 0.25) is 5.15 Å². The number of carbonyl (C=O) groups excluding carboxylic acids is 1. The fourth-order valence-electron chi connectivity index (χ4n) is 1.11. The lowest BCUT2D eigenvalue weighted by Gasteiger charge is -2.16. The van der Waals surface area contributed by atoms with E-state index in [-0.39, 0.29) is 17.1 Å². The molecule has 16 heavy (non-hydrogen) atoms. The summed E-state index contributed by atoms with van der Waals surface area (Å²) in [5, 5.41) is 3.01. The first-order valence-electron chi connectivity index (χ1n) is 5.08. The second kappa shape index (κ2) is 5.70. The smallest absolute Gasteiger partial charge is 0.260 e. The molecule has 1 unspecified atom stereocenters. The number of ether oxygens (including phenoxy) is 1. The van der Waals surface area contributed by atoms with Gasteiger partial charge in [0.15, 0.2) is 17.0 Å². The van der Waals surface area contributed by atoms with Crippen molar-refractivity contribution in [1.82, 2.24) is 10.3 Å². The zero-order valence-electron chi connectivity index (χ0n) is 9.53. The van der Waals surface area contributed by atoms with E-state index in [1.165, 1.54) is 0 Å². The summed E-state index contributed by atoms with van der Waals surface area (Å²) in [5.74, 6) is 0.241. The van der Waals surface area contributed by atoms with E-state index in [2.05, 4.69) is 10.3 Å². The standard InChI is InChI=1S/C11H15ClN2O2/c1-7(2)14-11(15)8(3)16-9-5-4-6-13-10(9)12/h4-8H,1-3H3,(H,14,15). The first-order chi connectivity index (χ1) is 7.50. The molecule has 0 fully saturated rings. The highest BCUT2D eigenvalue weighted by Crippen LogP contribution is 2.21. The molecule has 0 bridgehead atoms. The van der Waals surface area contributed by atoms with Crippen molar-refractivity contribution in [1.29, 1.82) is 0 Å². The summed E-state index contributed by atoms with van der Waals surface area (Å²) in [7, 11) is 0. The molecule has 1 amide bonds. The third kappa shape index (κ3) is 3.70. The van der Waals surface area contributed by atoms with Crippen LogP contribution >= 0.6 is 11.6 Å². The molecular weight excluding hydrogens is 228 g/mol. The van der Waals surface area contributed by atoms with E-state index in [4.69, 9.17) is 16.3 Å². The molecule has 0 aromatic carbocycles. The van der Waals surface area contributed by atoms with Gasteiger partial charge in [0.05, 0.1) is 0 Å². The average Bonchev–Trinajstić information content (AvgIpc) is 2.20. The van der Waals surface area contributed by atoms with Crippen LogP contribution in [-0.2, 0) is 4.79 Å². The second-order valence-corrected chi connectivity index (χ2v) is 4.07. The van der Waals surface area contributed by atoms with Gasteiger partial charge in [-0.1, -0.05) is 11.6 Å². The Hall–Kier alpha value is -1.29. The summed E-state index contributed by atoms with van der Waals surface area (Å²) in [6, 6.07) is 3.46. The van der Waals surface area contributed by atoms with Crippen LogP contribution in [0.15, 0.2) is 18.3 Å². The van der Waals surface area contributed by atoms with Crippen LogP contribution in [0.4, 0.5) is 0 Å². The number of aromatic nitrogens is 1. The molecule has 0 saturated carbocycles. The molecule has 1 atom stereocenters. The third-order valence-corrected chi connectivity index (χ3v) is 2.11. The highest BCUT2D eigenvalue weighted by atomic mass is 35.5. The van der Waals surface area contributed by atoms with Crippen LogP contribution in [0, 0.1) is 0 Å². The van der Waals surface area contributed by atoms with Crippen LogP contribution in [0.3, 0.4) is 0 Å². The topological polar surface area (TPSA) is 51.2 Å². The largest absolute Gasteiger partial charge is 0.478 e. The van der Waals surface area contributed by atoms with Crippen LogP contribution < -0.4 is 10.1 Å². The van der Waals surface area contributed by atoms with Crippen LogP contribution in [0.25, 0.3) is 0 Å². The van der Waals surface area contributed by atoms with E-state index < -0.39 is 6.10 Å². The highest BCUT2D eigenvalue weighted by molar-refractivity contribution is 6.30. The number of pyridine rings is 1. The third-order valence-electron chi connectivity index (χ3n) is 1.83. The minimum Gasteiger partial charge on any atom is -0.478 e. The molecule has 0 radical (unpaired) electrons. The molecule has 88 valence electrons. The number of nitrogens with one attached hydrogen (secondary N) is 1. The van der Waals surface area contributed by atoms with Gasteiger partial charge in [0.25, 0.3) is 5.91 Å². The van der Waals surface area contributed by atoms with Crippen molar-refractivity contribution >= 4 is 17.5 Å². The number of amides is 1. The number of hydrogen-bond donors (Lipinski definition) is 1. The fourth-order valence-corrected chi connectivity index (χ4v) is 1.27. The van der Waals surface area contributed by atoms with Gasteiger partial charge in [-0.3, -0.25) is 4.79 Å². The maximum atomic E-state index is 11.6. The van der Waals surface area contributed by atoms with Crippen LogP contribution in [-0.4, -0.2) is 23.0 Å². The molecule has 0 spiro atoms. The van der Waals surface area contributed by atoms with E-state index in [9.17, 15) is 4.79 Å². The SMILES string of the molecule is CC(C)NC(=O)C(C)Oc1cccnc1Cl. The Morgan fingerprint density at radius 1 is 1.50 bits per heavy atom. The van der Waals surface area contributed by atoms with Gasteiger partial charge < -0.3 is 10.1 Å². The lowest BCUT2D eigenvalue weighted by Crippen LogP contribution is -2.40. The minimum atomic E-state index is -0.593. The molecule has 5 heteroatoms. The first kappa shape index (κ1) is 12.8. The summed E-state index contributed by atoms with van der Waals surface area (Å²) in [6.07, 6.45) is 0.970. The normalized spacial score (nSPS) is 12.3. The summed E-state index contributed by atoms with van der Waals surface area (Å²) in [6.45, 7) is 5.45. The van der Waals surface area contributed by atoms with Crippen molar-refractivity contribution < 1.29 is 9.53 Å². The van der Waals surface area contributed by atoms with Gasteiger partial charge in [-0.2, -0.15) is 0 Å². The average molecular weight is 243 g/mol. The van der Waals surface area contributed by atoms with E-state index in [1.807, 2.05) is 13.8 Å². The van der Waals surface area contributed by atoms with Crippen molar-refractivity contribution in [2.24, 2.45) is 0 Å². The van der Waals surface area contributed by atoms with Crippen molar-refractivity contribution in [3.05, 3.63) is 23.5 Å². The summed E-state index contributed by atoms with van der Waals surface area (Å²) in [5.41, 5.74) is 0. The van der Waals surface area contributed by atoms with Gasteiger partial charge in [0, 0.05) is 12.2 Å².